The van der Waals surface area contributed by atoms with Crippen molar-refractivity contribution < 1.29 is 38.2 Å². The van der Waals surface area contributed by atoms with Gasteiger partial charge in [0, 0.05) is 19.3 Å². The van der Waals surface area contributed by atoms with Crippen molar-refractivity contribution in [1.29, 1.82) is 0 Å². The van der Waals surface area contributed by atoms with Crippen LogP contribution in [0.4, 0.5) is 0 Å². The van der Waals surface area contributed by atoms with Gasteiger partial charge >= 0.3 is 11.9 Å². The molecule has 0 amide bonds. The molecule has 58 heavy (non-hydrogen) atoms. The van der Waals surface area contributed by atoms with E-state index < -0.39 is 18.1 Å². The Labute approximate surface area is 355 Å². The number of hydrogen-bond donors (Lipinski definition) is 0. The SMILES string of the molecule is CC/C=C/C/C=C/C/C=C/C/C=C/CCCCCCCCCCCCC(=O)OCC(COCCC(C(=O)[O-])[N+](C)(C)C)OC(=O)CCCCC/C=C/C=C/CCCC. The van der Waals surface area contributed by atoms with E-state index in [-0.39, 0.29) is 49.1 Å². The summed E-state index contributed by atoms with van der Waals surface area (Å²) in [6, 6.07) is -0.733. The maximum absolute atomic E-state index is 12.7. The number of unbranched alkanes of at least 4 members (excludes halogenated alkanes) is 15. The van der Waals surface area contributed by atoms with E-state index in [9.17, 15) is 19.5 Å². The minimum atomic E-state index is -1.13. The van der Waals surface area contributed by atoms with Gasteiger partial charge in [-0.3, -0.25) is 9.59 Å². The molecule has 0 saturated carbocycles. The molecule has 0 N–H and O–H groups in total. The summed E-state index contributed by atoms with van der Waals surface area (Å²) < 4.78 is 17.1. The van der Waals surface area contributed by atoms with E-state index >= 15 is 0 Å². The van der Waals surface area contributed by atoms with Gasteiger partial charge in [0.25, 0.3) is 0 Å². The maximum Gasteiger partial charge on any atom is 0.306 e. The van der Waals surface area contributed by atoms with Crippen molar-refractivity contribution in [2.75, 3.05) is 41.0 Å². The van der Waals surface area contributed by atoms with Crippen molar-refractivity contribution in [3.8, 4) is 0 Å². The fourth-order valence-electron chi connectivity index (χ4n) is 6.27. The fraction of sp³-hybridized carbons (Fsp3) is 0.700. The van der Waals surface area contributed by atoms with Crippen LogP contribution in [-0.4, -0.2) is 75.5 Å². The molecule has 0 spiro atoms. The number of aliphatic carboxylic acids is 1. The molecule has 8 heteroatoms. The predicted octanol–water partition coefficient (Wildman–Crippen LogP) is 11.4. The number of hydrogen-bond acceptors (Lipinski definition) is 7. The molecule has 0 radical (unpaired) electrons. The van der Waals surface area contributed by atoms with Crippen molar-refractivity contribution in [1.82, 2.24) is 0 Å². The average Bonchev–Trinajstić information content (AvgIpc) is 3.18. The van der Waals surface area contributed by atoms with E-state index in [1.54, 1.807) is 21.1 Å². The van der Waals surface area contributed by atoms with Crippen LogP contribution in [0.25, 0.3) is 0 Å². The third-order valence-electron chi connectivity index (χ3n) is 9.85. The number of allylic oxidation sites excluding steroid dienone is 12. The summed E-state index contributed by atoms with van der Waals surface area (Å²) in [5.41, 5.74) is 0. The van der Waals surface area contributed by atoms with Gasteiger partial charge in [0.2, 0.25) is 0 Å². The van der Waals surface area contributed by atoms with E-state index in [1.807, 2.05) is 0 Å². The molecule has 8 nitrogen and oxygen atoms in total. The zero-order valence-electron chi connectivity index (χ0n) is 37.7. The molecule has 0 saturated heterocycles. The number of carboxylic acids is 1. The van der Waals surface area contributed by atoms with E-state index in [1.165, 1.54) is 64.2 Å². The van der Waals surface area contributed by atoms with E-state index in [0.29, 0.717) is 6.42 Å². The van der Waals surface area contributed by atoms with Gasteiger partial charge in [0.05, 0.1) is 40.3 Å². The van der Waals surface area contributed by atoms with Crippen LogP contribution in [0.2, 0.25) is 0 Å². The van der Waals surface area contributed by atoms with Crippen LogP contribution in [0.15, 0.2) is 72.9 Å². The molecular weight excluding hydrogens is 727 g/mol. The molecule has 0 aromatic rings. The molecule has 0 rings (SSSR count). The van der Waals surface area contributed by atoms with Gasteiger partial charge in [-0.1, -0.05) is 157 Å². The number of carboxylic acid groups (broad SMARTS) is 1. The monoisotopic (exact) mass is 812 g/mol. The van der Waals surface area contributed by atoms with Crippen LogP contribution in [0, 0.1) is 0 Å². The average molecular weight is 812 g/mol. The molecule has 0 heterocycles. The second-order valence-corrected chi connectivity index (χ2v) is 16.3. The molecule has 0 fully saturated rings. The molecule has 0 bridgehead atoms. The molecular formula is C50H85NO7. The fourth-order valence-corrected chi connectivity index (χ4v) is 6.27. The number of carbonyl (C=O) groups excluding carboxylic acids is 3. The smallest absolute Gasteiger partial charge is 0.306 e. The largest absolute Gasteiger partial charge is 0.544 e. The van der Waals surface area contributed by atoms with Crippen LogP contribution >= 0.6 is 0 Å². The van der Waals surface area contributed by atoms with E-state index in [4.69, 9.17) is 14.2 Å². The molecule has 0 aliphatic heterocycles. The zero-order valence-corrected chi connectivity index (χ0v) is 37.7. The first kappa shape index (κ1) is 54.8. The number of rotatable bonds is 40. The van der Waals surface area contributed by atoms with Crippen molar-refractivity contribution in [3.05, 3.63) is 72.9 Å². The molecule has 0 aliphatic carbocycles. The van der Waals surface area contributed by atoms with Gasteiger partial charge in [0.15, 0.2) is 6.10 Å². The highest BCUT2D eigenvalue weighted by Crippen LogP contribution is 2.14. The topological polar surface area (TPSA) is 102 Å². The van der Waals surface area contributed by atoms with Crippen molar-refractivity contribution >= 4 is 17.9 Å². The highest BCUT2D eigenvalue weighted by Gasteiger charge is 2.25. The first-order chi connectivity index (χ1) is 28.1. The molecule has 0 aromatic carbocycles. The summed E-state index contributed by atoms with van der Waals surface area (Å²) in [6.45, 7) is 4.45. The number of likely N-dealkylation sites (N-methyl/N-ethyl adjacent to an activating group) is 1. The lowest BCUT2D eigenvalue weighted by Gasteiger charge is -2.34. The third-order valence-corrected chi connectivity index (χ3v) is 9.85. The standard InChI is InChI=1S/C50H85NO7/c1-6-8-10-12-14-16-18-19-20-21-22-23-24-25-26-27-28-29-31-32-34-36-38-40-48(52)57-45-46(44-56-43-42-47(50(54)55)51(3,4)5)58-49(53)41-39-37-35-33-30-17-15-13-11-9-7-2/h8,10,13-17,19-20,22-23,30,46-47H,6-7,9,11-12,18,21,24-29,31-45H2,1-5H3/b10-8+,15-13+,16-14+,20-19+,23-22+,30-17+. The number of nitrogens with zero attached hydrogens (tertiary/aromatic N) is 1. The predicted molar refractivity (Wildman–Crippen MR) is 240 cm³/mol. The van der Waals surface area contributed by atoms with Crippen LogP contribution < -0.4 is 5.11 Å². The Balaban J connectivity index is 4.24. The van der Waals surface area contributed by atoms with E-state index in [0.717, 1.165) is 77.0 Å². The Hall–Kier alpha value is -3.23. The van der Waals surface area contributed by atoms with Gasteiger partial charge in [-0.2, -0.15) is 0 Å². The number of esters is 2. The van der Waals surface area contributed by atoms with Gasteiger partial charge in [-0.25, -0.2) is 0 Å². The van der Waals surface area contributed by atoms with Crippen LogP contribution in [0.3, 0.4) is 0 Å². The van der Waals surface area contributed by atoms with Crippen LogP contribution in [0.1, 0.15) is 174 Å². The molecule has 0 aromatic heterocycles. The van der Waals surface area contributed by atoms with Crippen LogP contribution in [0.5, 0.6) is 0 Å². The summed E-state index contributed by atoms with van der Waals surface area (Å²) in [7, 11) is 5.39. The normalized spacial score (nSPS) is 13.6. The molecule has 2 unspecified atom stereocenters. The van der Waals surface area contributed by atoms with E-state index in [2.05, 4.69) is 86.8 Å². The molecule has 0 aliphatic rings. The number of ether oxygens (including phenoxy) is 3. The first-order valence-electron chi connectivity index (χ1n) is 23.0. The Morgan fingerprint density at radius 2 is 1.02 bits per heavy atom. The summed E-state index contributed by atoms with van der Waals surface area (Å²) >= 11 is 0. The Bertz CT molecular complexity index is 1180. The second kappa shape index (κ2) is 40.5. The second-order valence-electron chi connectivity index (χ2n) is 16.3. The maximum atomic E-state index is 12.7. The Kier molecular flexibility index (Phi) is 38.3. The van der Waals surface area contributed by atoms with Crippen molar-refractivity contribution in [3.63, 3.8) is 0 Å². The van der Waals surface area contributed by atoms with Gasteiger partial charge < -0.3 is 28.6 Å². The summed E-state index contributed by atoms with van der Waals surface area (Å²) in [4.78, 5) is 36.8. The lowest BCUT2D eigenvalue weighted by molar-refractivity contribution is -0.889. The Morgan fingerprint density at radius 1 is 0.552 bits per heavy atom. The summed E-state index contributed by atoms with van der Waals surface area (Å²) in [6.07, 6.45) is 50.8. The summed E-state index contributed by atoms with van der Waals surface area (Å²) in [5, 5.41) is 11.6. The highest BCUT2D eigenvalue weighted by atomic mass is 16.6. The zero-order chi connectivity index (χ0) is 42.8. The highest BCUT2D eigenvalue weighted by molar-refractivity contribution is 5.70. The summed E-state index contributed by atoms with van der Waals surface area (Å²) in [5.74, 6) is -1.78. The first-order valence-corrected chi connectivity index (χ1v) is 23.0. The van der Waals surface area contributed by atoms with Gasteiger partial charge in [-0.05, 0) is 70.6 Å². The minimum absolute atomic E-state index is 0.0256. The molecule has 332 valence electrons. The lowest BCUT2D eigenvalue weighted by atomic mass is 10.1. The third kappa shape index (κ3) is 38.3. The number of quaternary nitrogens is 1. The van der Waals surface area contributed by atoms with Gasteiger partial charge in [-0.15, -0.1) is 0 Å². The lowest BCUT2D eigenvalue weighted by Crippen LogP contribution is -2.55. The van der Waals surface area contributed by atoms with Crippen LogP contribution in [-0.2, 0) is 28.6 Å². The van der Waals surface area contributed by atoms with Gasteiger partial charge in [0.1, 0.15) is 12.6 Å². The molecule has 2 atom stereocenters. The minimum Gasteiger partial charge on any atom is -0.544 e. The quantitative estimate of drug-likeness (QED) is 0.0200. The van der Waals surface area contributed by atoms with Crippen molar-refractivity contribution in [2.45, 2.75) is 187 Å². The Morgan fingerprint density at radius 3 is 1.55 bits per heavy atom. The number of carbonyl (C=O) groups is 3. The van der Waals surface area contributed by atoms with Crippen molar-refractivity contribution in [2.24, 2.45) is 0 Å².